The van der Waals surface area contributed by atoms with Crippen LogP contribution in [0.25, 0.3) is 0 Å². The molecule has 114 valence electrons. The molecule has 0 saturated carbocycles. The Kier molecular flexibility index (Phi) is 4.22. The molecule has 0 saturated heterocycles. The molecule has 1 atom stereocenters. The van der Waals surface area contributed by atoms with Gasteiger partial charge in [0.2, 0.25) is 0 Å². The summed E-state index contributed by atoms with van der Waals surface area (Å²) in [5.74, 6) is 2.12. The van der Waals surface area contributed by atoms with E-state index in [1.54, 1.807) is 0 Å². The van der Waals surface area contributed by atoms with Crippen LogP contribution >= 0.6 is 11.8 Å². The second-order valence-electron chi connectivity index (χ2n) is 4.81. The van der Waals surface area contributed by atoms with E-state index in [2.05, 4.69) is 4.98 Å². The van der Waals surface area contributed by atoms with Crippen LogP contribution < -0.4 is 15.2 Å². The van der Waals surface area contributed by atoms with E-state index < -0.39 is 0 Å². The SMILES string of the molecule is N#Cc1cc(C#N)c(SC[C@H]2COc3ccccc3O2)nc1N. The number of hydrogen-bond donors (Lipinski definition) is 1. The van der Waals surface area contributed by atoms with Gasteiger partial charge < -0.3 is 15.2 Å². The highest BCUT2D eigenvalue weighted by Crippen LogP contribution is 2.33. The lowest BCUT2D eigenvalue weighted by atomic mass is 10.2. The number of ether oxygens (including phenoxy) is 2. The minimum Gasteiger partial charge on any atom is -0.486 e. The van der Waals surface area contributed by atoms with Crippen molar-refractivity contribution in [3.63, 3.8) is 0 Å². The first-order valence-corrected chi connectivity index (χ1v) is 7.82. The van der Waals surface area contributed by atoms with Gasteiger partial charge in [-0.15, -0.1) is 11.8 Å². The average molecular weight is 324 g/mol. The summed E-state index contributed by atoms with van der Waals surface area (Å²) >= 11 is 1.36. The van der Waals surface area contributed by atoms with E-state index in [9.17, 15) is 5.26 Å². The second kappa shape index (κ2) is 6.47. The van der Waals surface area contributed by atoms with E-state index in [1.807, 2.05) is 36.4 Å². The Balaban J connectivity index is 1.71. The molecular formula is C16H12N4O2S. The van der Waals surface area contributed by atoms with Gasteiger partial charge in [0.05, 0.1) is 11.1 Å². The monoisotopic (exact) mass is 324 g/mol. The lowest BCUT2D eigenvalue weighted by Crippen LogP contribution is -2.31. The van der Waals surface area contributed by atoms with Crippen molar-refractivity contribution in [1.82, 2.24) is 4.98 Å². The topological polar surface area (TPSA) is 105 Å². The number of nitrogen functional groups attached to an aromatic ring is 1. The zero-order valence-electron chi connectivity index (χ0n) is 12.0. The van der Waals surface area contributed by atoms with Crippen molar-refractivity contribution >= 4 is 17.6 Å². The maximum atomic E-state index is 9.19. The molecule has 1 aromatic heterocycles. The fourth-order valence-electron chi connectivity index (χ4n) is 2.11. The Labute approximate surface area is 137 Å². The summed E-state index contributed by atoms with van der Waals surface area (Å²) in [6.45, 7) is 0.428. The van der Waals surface area contributed by atoms with Crippen molar-refractivity contribution in [3.05, 3.63) is 41.5 Å². The Morgan fingerprint density at radius 3 is 2.70 bits per heavy atom. The van der Waals surface area contributed by atoms with Crippen LogP contribution in [0.3, 0.4) is 0 Å². The quantitative estimate of drug-likeness (QED) is 0.864. The summed E-state index contributed by atoms with van der Waals surface area (Å²) < 4.78 is 11.5. The molecule has 0 fully saturated rings. The summed E-state index contributed by atoms with van der Waals surface area (Å²) in [6.07, 6.45) is -0.153. The minimum atomic E-state index is -0.153. The van der Waals surface area contributed by atoms with E-state index in [-0.39, 0.29) is 17.5 Å². The summed E-state index contributed by atoms with van der Waals surface area (Å²) in [4.78, 5) is 4.14. The third-order valence-electron chi connectivity index (χ3n) is 3.23. The van der Waals surface area contributed by atoms with Gasteiger partial charge in [0.25, 0.3) is 0 Å². The highest BCUT2D eigenvalue weighted by atomic mass is 32.2. The molecule has 23 heavy (non-hydrogen) atoms. The molecule has 2 heterocycles. The van der Waals surface area contributed by atoms with Gasteiger partial charge in [0.1, 0.15) is 35.7 Å². The Morgan fingerprint density at radius 1 is 1.22 bits per heavy atom. The van der Waals surface area contributed by atoms with Crippen LogP contribution in [0.2, 0.25) is 0 Å². The summed E-state index contributed by atoms with van der Waals surface area (Å²) in [5.41, 5.74) is 6.25. The van der Waals surface area contributed by atoms with E-state index >= 15 is 0 Å². The van der Waals surface area contributed by atoms with Crippen LogP contribution in [0.5, 0.6) is 11.5 Å². The number of thioether (sulfide) groups is 1. The van der Waals surface area contributed by atoms with Gasteiger partial charge >= 0.3 is 0 Å². The van der Waals surface area contributed by atoms with E-state index in [0.29, 0.717) is 28.7 Å². The van der Waals surface area contributed by atoms with Crippen LogP contribution in [-0.2, 0) is 0 Å². The molecule has 1 aliphatic rings. The number of hydrogen-bond acceptors (Lipinski definition) is 7. The first-order valence-electron chi connectivity index (χ1n) is 6.83. The molecule has 1 aliphatic heterocycles. The van der Waals surface area contributed by atoms with Crippen LogP contribution in [0, 0.1) is 22.7 Å². The molecule has 3 rings (SSSR count). The van der Waals surface area contributed by atoms with Crippen molar-refractivity contribution in [2.45, 2.75) is 11.1 Å². The molecule has 0 amide bonds. The van der Waals surface area contributed by atoms with Gasteiger partial charge in [-0.05, 0) is 18.2 Å². The fraction of sp³-hybridized carbons (Fsp3) is 0.188. The third-order valence-corrected chi connectivity index (χ3v) is 4.35. The van der Waals surface area contributed by atoms with Gasteiger partial charge in [0, 0.05) is 5.75 Å². The van der Waals surface area contributed by atoms with Gasteiger partial charge in [-0.2, -0.15) is 10.5 Å². The second-order valence-corrected chi connectivity index (χ2v) is 5.81. The highest BCUT2D eigenvalue weighted by Gasteiger charge is 2.21. The maximum absolute atomic E-state index is 9.19. The number of nitrogens with two attached hydrogens (primary N) is 1. The summed E-state index contributed by atoms with van der Waals surface area (Å²) in [7, 11) is 0. The number of benzene rings is 1. The third kappa shape index (κ3) is 3.15. The van der Waals surface area contributed by atoms with Gasteiger partial charge in [-0.25, -0.2) is 4.98 Å². The normalized spacial score (nSPS) is 15.5. The zero-order chi connectivity index (χ0) is 16.2. The van der Waals surface area contributed by atoms with Crippen molar-refractivity contribution in [3.8, 4) is 23.6 Å². The fourth-order valence-corrected chi connectivity index (χ4v) is 3.04. The molecule has 2 N–H and O–H groups in total. The molecule has 0 radical (unpaired) electrons. The Hall–Kier alpha value is -2.90. The first kappa shape index (κ1) is 15.0. The molecule has 1 aromatic carbocycles. The van der Waals surface area contributed by atoms with Crippen molar-refractivity contribution in [2.24, 2.45) is 0 Å². The number of pyridine rings is 1. The molecule has 0 aliphatic carbocycles. The van der Waals surface area contributed by atoms with Crippen molar-refractivity contribution in [2.75, 3.05) is 18.1 Å². The van der Waals surface area contributed by atoms with Gasteiger partial charge in [-0.3, -0.25) is 0 Å². The van der Waals surface area contributed by atoms with Crippen LogP contribution in [-0.4, -0.2) is 23.4 Å². The molecule has 0 unspecified atom stereocenters. The van der Waals surface area contributed by atoms with Crippen LogP contribution in [0.4, 0.5) is 5.82 Å². The predicted octanol–water partition coefficient (Wildman–Crippen LogP) is 2.34. The molecule has 6 nitrogen and oxygen atoms in total. The first-order chi connectivity index (χ1) is 11.2. The van der Waals surface area contributed by atoms with Crippen molar-refractivity contribution in [1.29, 1.82) is 10.5 Å². The summed E-state index contributed by atoms with van der Waals surface area (Å²) in [5, 5.41) is 18.6. The zero-order valence-corrected chi connectivity index (χ0v) is 12.8. The minimum absolute atomic E-state index is 0.125. The standard InChI is InChI=1S/C16H12N4O2S/c17-6-10-5-11(7-18)16(20-15(10)19)23-9-12-8-21-13-3-1-2-4-14(13)22-12/h1-5,12H,8-9H2,(H2,19,20)/t12-/m1/s1. The highest BCUT2D eigenvalue weighted by molar-refractivity contribution is 7.99. The lowest BCUT2D eigenvalue weighted by Gasteiger charge is -2.26. The van der Waals surface area contributed by atoms with Crippen LogP contribution in [0.15, 0.2) is 35.4 Å². The smallest absolute Gasteiger partial charge is 0.161 e. The average Bonchev–Trinajstić information content (AvgIpc) is 2.59. The number of aromatic nitrogens is 1. The number of rotatable bonds is 3. The van der Waals surface area contributed by atoms with E-state index in [1.165, 1.54) is 17.8 Å². The molecule has 0 bridgehead atoms. The lowest BCUT2D eigenvalue weighted by molar-refractivity contribution is 0.107. The Morgan fingerprint density at radius 2 is 1.96 bits per heavy atom. The largest absolute Gasteiger partial charge is 0.486 e. The van der Waals surface area contributed by atoms with Crippen LogP contribution in [0.1, 0.15) is 11.1 Å². The number of nitriles is 2. The van der Waals surface area contributed by atoms with E-state index in [0.717, 1.165) is 5.75 Å². The molecule has 7 heteroatoms. The van der Waals surface area contributed by atoms with E-state index in [4.69, 9.17) is 20.5 Å². The maximum Gasteiger partial charge on any atom is 0.161 e. The Bertz CT molecular complexity index is 826. The predicted molar refractivity (Wildman–Crippen MR) is 85.2 cm³/mol. The molecule has 0 spiro atoms. The number of fused-ring (bicyclic) bond motifs is 1. The van der Waals surface area contributed by atoms with Gasteiger partial charge in [-0.1, -0.05) is 12.1 Å². The number of anilines is 1. The van der Waals surface area contributed by atoms with Crippen molar-refractivity contribution < 1.29 is 9.47 Å². The molecule has 2 aromatic rings. The van der Waals surface area contributed by atoms with Gasteiger partial charge in [0.15, 0.2) is 11.5 Å². The summed E-state index contributed by atoms with van der Waals surface area (Å²) in [6, 6.07) is 12.9. The number of nitrogens with zero attached hydrogens (tertiary/aromatic N) is 3. The number of para-hydroxylation sites is 2. The molecular weight excluding hydrogens is 312 g/mol.